The van der Waals surface area contributed by atoms with E-state index in [4.69, 9.17) is 0 Å². The highest BCUT2D eigenvalue weighted by Gasteiger charge is 2.21. The number of aryl methyl sites for hydroxylation is 1. The lowest BCUT2D eigenvalue weighted by Crippen LogP contribution is -2.45. The van der Waals surface area contributed by atoms with Gasteiger partial charge in [0.15, 0.2) is 5.13 Å². The first-order chi connectivity index (χ1) is 11.7. The second kappa shape index (κ2) is 8.26. The molecule has 2 amide bonds. The van der Waals surface area contributed by atoms with Crippen molar-refractivity contribution in [2.75, 3.05) is 18.4 Å². The highest BCUT2D eigenvalue weighted by atomic mass is 32.1. The standard InChI is InChI=1S/C18H24N4OS/c1-2-16-12-19-18(24-16)21-17(23)20-15-8-10-22(11-9-15)13-14-6-4-3-5-7-14/h3-7,12,15H,2,8-11,13H2,1H3,(H2,19,20,21,23). The van der Waals surface area contributed by atoms with Crippen molar-refractivity contribution in [2.24, 2.45) is 0 Å². The summed E-state index contributed by atoms with van der Waals surface area (Å²) in [5, 5.41) is 6.58. The van der Waals surface area contributed by atoms with Crippen LogP contribution in [0.4, 0.5) is 9.93 Å². The number of carbonyl (C=O) groups is 1. The zero-order valence-electron chi connectivity index (χ0n) is 14.0. The normalized spacial score (nSPS) is 16.0. The molecule has 1 aliphatic heterocycles. The zero-order chi connectivity index (χ0) is 16.8. The number of likely N-dealkylation sites (tertiary alicyclic amines) is 1. The Bertz CT molecular complexity index is 650. The Hall–Kier alpha value is -1.92. The number of thiazole rings is 1. The number of amides is 2. The summed E-state index contributed by atoms with van der Waals surface area (Å²) < 4.78 is 0. The monoisotopic (exact) mass is 344 g/mol. The van der Waals surface area contributed by atoms with E-state index in [1.165, 1.54) is 21.8 Å². The van der Waals surface area contributed by atoms with Gasteiger partial charge in [0, 0.05) is 36.8 Å². The van der Waals surface area contributed by atoms with Crippen LogP contribution in [0, 0.1) is 0 Å². The highest BCUT2D eigenvalue weighted by molar-refractivity contribution is 7.15. The number of benzene rings is 1. The van der Waals surface area contributed by atoms with E-state index in [0.29, 0.717) is 5.13 Å². The van der Waals surface area contributed by atoms with Crippen LogP contribution in [0.1, 0.15) is 30.2 Å². The van der Waals surface area contributed by atoms with Crippen LogP contribution in [-0.2, 0) is 13.0 Å². The first-order valence-corrected chi connectivity index (χ1v) is 9.33. The summed E-state index contributed by atoms with van der Waals surface area (Å²) in [6.07, 6.45) is 4.74. The van der Waals surface area contributed by atoms with Crippen LogP contribution < -0.4 is 10.6 Å². The summed E-state index contributed by atoms with van der Waals surface area (Å²) in [6.45, 7) is 5.09. The van der Waals surface area contributed by atoms with Crippen molar-refractivity contribution in [1.82, 2.24) is 15.2 Å². The molecule has 0 bridgehead atoms. The third-order valence-corrected chi connectivity index (χ3v) is 5.35. The van der Waals surface area contributed by atoms with Crippen LogP contribution in [0.3, 0.4) is 0 Å². The second-order valence-corrected chi connectivity index (χ2v) is 7.23. The van der Waals surface area contributed by atoms with Crippen molar-refractivity contribution in [1.29, 1.82) is 0 Å². The molecule has 0 spiro atoms. The number of carbonyl (C=O) groups excluding carboxylic acids is 1. The number of nitrogens with zero attached hydrogens (tertiary/aromatic N) is 2. The van der Waals surface area contributed by atoms with Gasteiger partial charge in [-0.05, 0) is 24.8 Å². The number of hydrogen-bond donors (Lipinski definition) is 2. The minimum absolute atomic E-state index is 0.145. The molecule has 24 heavy (non-hydrogen) atoms. The average Bonchev–Trinajstić information content (AvgIpc) is 3.05. The van der Waals surface area contributed by atoms with E-state index >= 15 is 0 Å². The molecule has 0 unspecified atom stereocenters. The van der Waals surface area contributed by atoms with E-state index < -0.39 is 0 Å². The minimum Gasteiger partial charge on any atom is -0.335 e. The van der Waals surface area contributed by atoms with Gasteiger partial charge in [-0.1, -0.05) is 37.3 Å². The van der Waals surface area contributed by atoms with E-state index in [2.05, 4.69) is 51.7 Å². The van der Waals surface area contributed by atoms with Crippen LogP contribution in [0.2, 0.25) is 0 Å². The first-order valence-electron chi connectivity index (χ1n) is 8.51. The summed E-state index contributed by atoms with van der Waals surface area (Å²) in [4.78, 5) is 19.9. The molecule has 1 aromatic carbocycles. The van der Waals surface area contributed by atoms with E-state index in [1.807, 2.05) is 12.3 Å². The van der Waals surface area contributed by atoms with Crippen molar-refractivity contribution in [3.05, 3.63) is 47.0 Å². The molecule has 1 saturated heterocycles. The molecule has 0 aliphatic carbocycles. The molecule has 1 aliphatic rings. The molecular formula is C18H24N4OS. The molecule has 2 aromatic rings. The lowest BCUT2D eigenvalue weighted by molar-refractivity contribution is 0.190. The summed E-state index contributed by atoms with van der Waals surface area (Å²) >= 11 is 1.53. The lowest BCUT2D eigenvalue weighted by atomic mass is 10.0. The van der Waals surface area contributed by atoms with Crippen LogP contribution >= 0.6 is 11.3 Å². The highest BCUT2D eigenvalue weighted by Crippen LogP contribution is 2.18. The van der Waals surface area contributed by atoms with E-state index in [1.54, 1.807) is 0 Å². The predicted molar refractivity (Wildman–Crippen MR) is 98.4 cm³/mol. The molecular weight excluding hydrogens is 320 g/mol. The molecule has 2 heterocycles. The number of urea groups is 1. The van der Waals surface area contributed by atoms with Crippen molar-refractivity contribution < 1.29 is 4.79 Å². The quantitative estimate of drug-likeness (QED) is 0.873. The number of hydrogen-bond acceptors (Lipinski definition) is 4. The molecule has 3 rings (SSSR count). The van der Waals surface area contributed by atoms with Crippen LogP contribution in [0.25, 0.3) is 0 Å². The lowest BCUT2D eigenvalue weighted by Gasteiger charge is -2.32. The van der Waals surface area contributed by atoms with E-state index in [9.17, 15) is 4.79 Å². The Labute approximate surface area is 147 Å². The summed E-state index contributed by atoms with van der Waals surface area (Å²) in [5.41, 5.74) is 1.34. The van der Waals surface area contributed by atoms with Crippen LogP contribution in [-0.4, -0.2) is 35.0 Å². The largest absolute Gasteiger partial charge is 0.335 e. The van der Waals surface area contributed by atoms with Gasteiger partial charge in [-0.25, -0.2) is 9.78 Å². The smallest absolute Gasteiger partial charge is 0.321 e. The van der Waals surface area contributed by atoms with Crippen LogP contribution in [0.15, 0.2) is 36.5 Å². The number of nitrogens with one attached hydrogen (secondary N) is 2. The Balaban J connectivity index is 1.41. The molecule has 1 fully saturated rings. The third-order valence-electron chi connectivity index (χ3n) is 4.29. The molecule has 0 saturated carbocycles. The maximum atomic E-state index is 12.1. The van der Waals surface area contributed by atoms with Gasteiger partial charge in [0.25, 0.3) is 0 Å². The molecule has 5 nitrogen and oxygen atoms in total. The van der Waals surface area contributed by atoms with Gasteiger partial charge >= 0.3 is 6.03 Å². The Morgan fingerprint density at radius 3 is 2.71 bits per heavy atom. The number of anilines is 1. The first kappa shape index (κ1) is 16.9. The number of piperidine rings is 1. The van der Waals surface area contributed by atoms with Gasteiger partial charge in [0.2, 0.25) is 0 Å². The molecule has 2 N–H and O–H groups in total. The molecule has 1 aromatic heterocycles. The van der Waals surface area contributed by atoms with Gasteiger partial charge in [0.05, 0.1) is 0 Å². The van der Waals surface area contributed by atoms with Crippen LogP contribution in [0.5, 0.6) is 0 Å². The van der Waals surface area contributed by atoms with Gasteiger partial charge in [-0.2, -0.15) is 0 Å². The van der Waals surface area contributed by atoms with Crippen molar-refractivity contribution >= 4 is 22.5 Å². The Morgan fingerprint density at radius 1 is 1.29 bits per heavy atom. The second-order valence-electron chi connectivity index (χ2n) is 6.12. The molecule has 0 radical (unpaired) electrons. The predicted octanol–water partition coefficient (Wildman–Crippen LogP) is 3.49. The van der Waals surface area contributed by atoms with E-state index in [0.717, 1.165) is 38.9 Å². The maximum absolute atomic E-state index is 12.1. The van der Waals surface area contributed by atoms with Crippen molar-refractivity contribution in [3.63, 3.8) is 0 Å². The third kappa shape index (κ3) is 4.79. The van der Waals surface area contributed by atoms with Gasteiger partial charge in [-0.3, -0.25) is 10.2 Å². The molecule has 6 heteroatoms. The number of rotatable bonds is 5. The summed E-state index contributed by atoms with van der Waals surface area (Å²) in [5.74, 6) is 0. The summed E-state index contributed by atoms with van der Waals surface area (Å²) in [6, 6.07) is 10.6. The fourth-order valence-corrected chi connectivity index (χ4v) is 3.67. The van der Waals surface area contributed by atoms with Crippen molar-refractivity contribution in [2.45, 2.75) is 38.8 Å². The number of aromatic nitrogens is 1. The van der Waals surface area contributed by atoms with Crippen molar-refractivity contribution in [3.8, 4) is 0 Å². The SMILES string of the molecule is CCc1cnc(NC(=O)NC2CCN(Cc3ccccc3)CC2)s1. The fourth-order valence-electron chi connectivity index (χ4n) is 2.92. The Morgan fingerprint density at radius 2 is 2.04 bits per heavy atom. The minimum atomic E-state index is -0.145. The van der Waals surface area contributed by atoms with Gasteiger partial charge < -0.3 is 5.32 Å². The topological polar surface area (TPSA) is 57.3 Å². The van der Waals surface area contributed by atoms with Gasteiger partial charge in [-0.15, -0.1) is 11.3 Å². The molecule has 0 atom stereocenters. The molecule has 128 valence electrons. The zero-order valence-corrected chi connectivity index (χ0v) is 14.8. The summed E-state index contributed by atoms with van der Waals surface area (Å²) in [7, 11) is 0. The van der Waals surface area contributed by atoms with Gasteiger partial charge in [0.1, 0.15) is 0 Å². The fraction of sp³-hybridized carbons (Fsp3) is 0.444. The van der Waals surface area contributed by atoms with E-state index in [-0.39, 0.29) is 12.1 Å². The average molecular weight is 344 g/mol. The maximum Gasteiger partial charge on any atom is 0.321 e. The Kier molecular flexibility index (Phi) is 5.82.